The Balaban J connectivity index is 2.11. The number of nitrogens with zero attached hydrogens (tertiary/aromatic N) is 3. The summed E-state index contributed by atoms with van der Waals surface area (Å²) in [5.74, 6) is 0. The van der Waals surface area contributed by atoms with Crippen LogP contribution in [0.15, 0.2) is 36.7 Å². The van der Waals surface area contributed by atoms with Gasteiger partial charge in [0.05, 0.1) is 6.20 Å². The molecule has 1 heterocycles. The number of benzene rings is 1. The molecule has 0 aliphatic rings. The average molecular weight is 216 g/mol. The van der Waals surface area contributed by atoms with Crippen molar-refractivity contribution in [1.29, 1.82) is 0 Å². The molecule has 1 aromatic heterocycles. The number of rotatable bonds is 3. The van der Waals surface area contributed by atoms with Gasteiger partial charge >= 0.3 is 0 Å². The Bertz CT molecular complexity index is 475. The summed E-state index contributed by atoms with van der Waals surface area (Å²) in [5.41, 5.74) is 8.84. The molecule has 4 heteroatoms. The second-order valence-electron chi connectivity index (χ2n) is 3.97. The van der Waals surface area contributed by atoms with E-state index >= 15 is 0 Å². The lowest BCUT2D eigenvalue weighted by atomic mass is 10.2. The third kappa shape index (κ3) is 2.34. The van der Waals surface area contributed by atoms with E-state index in [0.29, 0.717) is 0 Å². The van der Waals surface area contributed by atoms with Crippen LogP contribution in [0.3, 0.4) is 0 Å². The smallest absolute Gasteiger partial charge is 0.0539 e. The molecule has 0 atom stereocenters. The van der Waals surface area contributed by atoms with Gasteiger partial charge in [0.15, 0.2) is 0 Å². The second-order valence-corrected chi connectivity index (χ2v) is 3.97. The summed E-state index contributed by atoms with van der Waals surface area (Å²) in [6.07, 6.45) is 3.89. The van der Waals surface area contributed by atoms with Crippen molar-refractivity contribution in [2.75, 3.05) is 17.7 Å². The third-order valence-electron chi connectivity index (χ3n) is 2.49. The Morgan fingerprint density at radius 3 is 2.88 bits per heavy atom. The molecule has 2 rings (SSSR count). The minimum atomic E-state index is 0.788. The lowest BCUT2D eigenvalue weighted by Crippen LogP contribution is -2.16. The molecule has 0 saturated heterocycles. The van der Waals surface area contributed by atoms with Crippen molar-refractivity contribution in [1.82, 2.24) is 9.78 Å². The molecular formula is C12H16N4. The van der Waals surface area contributed by atoms with E-state index in [9.17, 15) is 0 Å². The van der Waals surface area contributed by atoms with E-state index in [2.05, 4.69) is 10.00 Å². The minimum absolute atomic E-state index is 0.788. The summed E-state index contributed by atoms with van der Waals surface area (Å²) in [6, 6.07) is 7.87. The van der Waals surface area contributed by atoms with Crippen LogP contribution in [0.25, 0.3) is 0 Å². The van der Waals surface area contributed by atoms with Gasteiger partial charge in [0.2, 0.25) is 0 Å². The molecule has 84 valence electrons. The highest BCUT2D eigenvalue weighted by Gasteiger charge is 2.03. The zero-order chi connectivity index (χ0) is 11.5. The Kier molecular flexibility index (Phi) is 2.81. The number of nitrogens with two attached hydrogens (primary N) is 1. The van der Waals surface area contributed by atoms with Gasteiger partial charge in [-0.1, -0.05) is 6.07 Å². The van der Waals surface area contributed by atoms with Crippen LogP contribution in [-0.2, 0) is 13.6 Å². The molecule has 4 nitrogen and oxygen atoms in total. The van der Waals surface area contributed by atoms with Gasteiger partial charge in [0.25, 0.3) is 0 Å². The van der Waals surface area contributed by atoms with Crippen molar-refractivity contribution in [2.24, 2.45) is 7.05 Å². The van der Waals surface area contributed by atoms with Crippen LogP contribution in [0, 0.1) is 0 Å². The summed E-state index contributed by atoms with van der Waals surface area (Å²) in [7, 11) is 3.96. The Morgan fingerprint density at radius 1 is 1.44 bits per heavy atom. The highest BCUT2D eigenvalue weighted by Crippen LogP contribution is 2.17. The third-order valence-corrected chi connectivity index (χ3v) is 2.49. The monoisotopic (exact) mass is 216 g/mol. The molecule has 2 aromatic rings. The maximum absolute atomic E-state index is 5.75. The number of nitrogen functional groups attached to an aromatic ring is 1. The van der Waals surface area contributed by atoms with Gasteiger partial charge in [-0.25, -0.2) is 0 Å². The summed E-state index contributed by atoms with van der Waals surface area (Å²) in [4.78, 5) is 2.15. The Hall–Kier alpha value is -1.97. The van der Waals surface area contributed by atoms with Gasteiger partial charge in [0, 0.05) is 43.8 Å². The SMILES string of the molecule is CN(Cc1cnn(C)c1)c1cccc(N)c1. The maximum Gasteiger partial charge on any atom is 0.0539 e. The van der Waals surface area contributed by atoms with Crippen LogP contribution in [0.4, 0.5) is 11.4 Å². The topological polar surface area (TPSA) is 47.1 Å². The molecule has 2 N–H and O–H groups in total. The Morgan fingerprint density at radius 2 is 2.25 bits per heavy atom. The van der Waals surface area contributed by atoms with Gasteiger partial charge in [-0.3, -0.25) is 4.68 Å². The van der Waals surface area contributed by atoms with Gasteiger partial charge in [-0.2, -0.15) is 5.10 Å². The fraction of sp³-hybridized carbons (Fsp3) is 0.250. The molecule has 0 bridgehead atoms. The molecule has 1 aromatic carbocycles. The molecular weight excluding hydrogens is 200 g/mol. The van der Waals surface area contributed by atoms with Crippen LogP contribution in [0.5, 0.6) is 0 Å². The quantitative estimate of drug-likeness (QED) is 0.793. The highest BCUT2D eigenvalue weighted by atomic mass is 15.2. The average Bonchev–Trinajstić information content (AvgIpc) is 2.64. The molecule has 0 fully saturated rings. The fourth-order valence-electron chi connectivity index (χ4n) is 1.68. The van der Waals surface area contributed by atoms with Crippen LogP contribution in [0.2, 0.25) is 0 Å². The number of aryl methyl sites for hydroxylation is 1. The van der Waals surface area contributed by atoms with E-state index in [0.717, 1.165) is 17.9 Å². The summed E-state index contributed by atoms with van der Waals surface area (Å²) >= 11 is 0. The standard InChI is InChI=1S/C12H16N4/c1-15(8-10-7-14-16(2)9-10)12-5-3-4-11(13)6-12/h3-7,9H,8,13H2,1-2H3. The Labute approximate surface area is 95.3 Å². The number of anilines is 2. The van der Waals surface area contributed by atoms with Gasteiger partial charge < -0.3 is 10.6 Å². The van der Waals surface area contributed by atoms with Gasteiger partial charge in [0.1, 0.15) is 0 Å². The first-order chi connectivity index (χ1) is 7.65. The zero-order valence-corrected chi connectivity index (χ0v) is 9.59. The molecule has 0 amide bonds. The van der Waals surface area contributed by atoms with Gasteiger partial charge in [-0.05, 0) is 18.2 Å². The molecule has 0 spiro atoms. The maximum atomic E-state index is 5.75. The summed E-state index contributed by atoms with van der Waals surface area (Å²) in [6.45, 7) is 0.831. The van der Waals surface area contributed by atoms with Crippen molar-refractivity contribution < 1.29 is 0 Å². The number of hydrogen-bond donors (Lipinski definition) is 1. The number of hydrogen-bond acceptors (Lipinski definition) is 3. The largest absolute Gasteiger partial charge is 0.399 e. The van der Waals surface area contributed by atoms with Crippen LogP contribution in [0.1, 0.15) is 5.56 Å². The van der Waals surface area contributed by atoms with E-state index in [1.165, 1.54) is 5.56 Å². The van der Waals surface area contributed by atoms with Crippen LogP contribution in [-0.4, -0.2) is 16.8 Å². The van der Waals surface area contributed by atoms with E-state index in [4.69, 9.17) is 5.73 Å². The predicted octanol–water partition coefficient (Wildman–Crippen LogP) is 1.64. The van der Waals surface area contributed by atoms with E-state index < -0.39 is 0 Å². The van der Waals surface area contributed by atoms with E-state index in [1.807, 2.05) is 55.4 Å². The molecule has 0 aliphatic carbocycles. The van der Waals surface area contributed by atoms with Crippen LogP contribution >= 0.6 is 0 Å². The first-order valence-corrected chi connectivity index (χ1v) is 5.19. The lowest BCUT2D eigenvalue weighted by Gasteiger charge is -2.18. The summed E-state index contributed by atoms with van der Waals surface area (Å²) < 4.78 is 1.81. The molecule has 0 saturated carbocycles. The van der Waals surface area contributed by atoms with Crippen molar-refractivity contribution in [3.8, 4) is 0 Å². The number of aromatic nitrogens is 2. The van der Waals surface area contributed by atoms with Crippen molar-refractivity contribution in [2.45, 2.75) is 6.54 Å². The predicted molar refractivity (Wildman–Crippen MR) is 66.2 cm³/mol. The van der Waals surface area contributed by atoms with Crippen molar-refractivity contribution >= 4 is 11.4 Å². The normalized spacial score (nSPS) is 10.4. The molecule has 16 heavy (non-hydrogen) atoms. The van der Waals surface area contributed by atoms with E-state index in [-0.39, 0.29) is 0 Å². The van der Waals surface area contributed by atoms with Crippen LogP contribution < -0.4 is 10.6 Å². The minimum Gasteiger partial charge on any atom is -0.399 e. The van der Waals surface area contributed by atoms with Gasteiger partial charge in [-0.15, -0.1) is 0 Å². The second kappa shape index (κ2) is 4.26. The first-order valence-electron chi connectivity index (χ1n) is 5.19. The highest BCUT2D eigenvalue weighted by molar-refractivity contribution is 5.55. The fourth-order valence-corrected chi connectivity index (χ4v) is 1.68. The molecule has 0 unspecified atom stereocenters. The van der Waals surface area contributed by atoms with Crippen molar-refractivity contribution in [3.63, 3.8) is 0 Å². The summed E-state index contributed by atoms with van der Waals surface area (Å²) in [5, 5.41) is 4.15. The van der Waals surface area contributed by atoms with E-state index in [1.54, 1.807) is 0 Å². The molecule has 0 aliphatic heterocycles. The first kappa shape index (κ1) is 10.5. The molecule has 0 radical (unpaired) electrons. The van der Waals surface area contributed by atoms with Crippen molar-refractivity contribution in [3.05, 3.63) is 42.2 Å². The lowest BCUT2D eigenvalue weighted by molar-refractivity contribution is 0.766. The zero-order valence-electron chi connectivity index (χ0n) is 9.59.